The van der Waals surface area contributed by atoms with Gasteiger partial charge >= 0.3 is 5.97 Å². The van der Waals surface area contributed by atoms with Crippen molar-refractivity contribution >= 4 is 12.3 Å². The van der Waals surface area contributed by atoms with Crippen molar-refractivity contribution in [3.8, 4) is 5.75 Å². The Morgan fingerprint density at radius 3 is 2.73 bits per heavy atom. The van der Waals surface area contributed by atoms with E-state index in [2.05, 4.69) is 39.8 Å². The van der Waals surface area contributed by atoms with E-state index in [-0.39, 0.29) is 12.5 Å². The summed E-state index contributed by atoms with van der Waals surface area (Å²) >= 11 is 0. The van der Waals surface area contributed by atoms with Gasteiger partial charge in [0.25, 0.3) is 0 Å². The number of benzene rings is 1. The molecule has 0 radical (unpaired) electrons. The number of rotatable bonds is 7. The molecule has 0 unspecified atom stereocenters. The molecule has 2 rings (SSSR count). The Labute approximate surface area is 131 Å². The number of ether oxygens (including phenoxy) is 1. The first-order valence-electron chi connectivity index (χ1n) is 7.61. The second-order valence-electron chi connectivity index (χ2n) is 5.52. The molecule has 2 N–H and O–H groups in total. The monoisotopic (exact) mass is 304 g/mol. The van der Waals surface area contributed by atoms with Crippen molar-refractivity contribution in [2.45, 2.75) is 33.7 Å². The zero-order chi connectivity index (χ0) is 15.9. The maximum Gasteiger partial charge on any atom is 0.325 e. The lowest BCUT2D eigenvalue weighted by Gasteiger charge is -2.16. The molecule has 0 saturated carbocycles. The standard InChI is InChI=1S/C16H24N4O2/c1-4-5-17-8-15(21)22-16-12(2)6-14(7-13(16)3)9-20-10-18-19-11-20/h6-7,10,17,19H,4-5,8-9,11H2,1-3H3. The number of carbonyl (C=O) groups excluding carboxylic acids is 1. The van der Waals surface area contributed by atoms with E-state index < -0.39 is 0 Å². The summed E-state index contributed by atoms with van der Waals surface area (Å²) in [5.74, 6) is 0.420. The minimum Gasteiger partial charge on any atom is -0.425 e. The summed E-state index contributed by atoms with van der Waals surface area (Å²) in [6.07, 6.45) is 2.78. The van der Waals surface area contributed by atoms with Crippen molar-refractivity contribution < 1.29 is 9.53 Å². The minimum atomic E-state index is -0.247. The van der Waals surface area contributed by atoms with Gasteiger partial charge in [0, 0.05) is 6.54 Å². The predicted molar refractivity (Wildman–Crippen MR) is 86.7 cm³/mol. The number of aryl methyl sites for hydroxylation is 2. The number of hydrogen-bond acceptors (Lipinski definition) is 6. The Kier molecular flexibility index (Phi) is 5.77. The number of esters is 1. The first-order chi connectivity index (χ1) is 10.6. The summed E-state index contributed by atoms with van der Waals surface area (Å²) in [5.41, 5.74) is 6.03. The fourth-order valence-electron chi connectivity index (χ4n) is 2.44. The van der Waals surface area contributed by atoms with Gasteiger partial charge in [-0.1, -0.05) is 19.1 Å². The Bertz CT molecular complexity index is 534. The molecule has 1 aromatic carbocycles. The second kappa shape index (κ2) is 7.79. The Morgan fingerprint density at radius 2 is 2.14 bits per heavy atom. The fourth-order valence-corrected chi connectivity index (χ4v) is 2.44. The summed E-state index contributed by atoms with van der Waals surface area (Å²) in [6.45, 7) is 8.56. The van der Waals surface area contributed by atoms with Gasteiger partial charge in [0.15, 0.2) is 0 Å². The van der Waals surface area contributed by atoms with Crippen molar-refractivity contribution in [1.29, 1.82) is 0 Å². The number of hydrogen-bond donors (Lipinski definition) is 2. The molecule has 0 saturated heterocycles. The van der Waals surface area contributed by atoms with Gasteiger partial charge in [-0.15, -0.1) is 0 Å². The second-order valence-corrected chi connectivity index (χ2v) is 5.52. The quantitative estimate of drug-likeness (QED) is 0.454. The van der Waals surface area contributed by atoms with Crippen LogP contribution in [-0.2, 0) is 11.3 Å². The molecule has 0 spiro atoms. The average molecular weight is 304 g/mol. The van der Waals surface area contributed by atoms with Gasteiger partial charge in [-0.2, -0.15) is 5.10 Å². The molecule has 0 amide bonds. The van der Waals surface area contributed by atoms with E-state index in [9.17, 15) is 4.79 Å². The first kappa shape index (κ1) is 16.3. The topological polar surface area (TPSA) is 66.0 Å². The maximum atomic E-state index is 11.8. The highest BCUT2D eigenvalue weighted by Gasteiger charge is 2.13. The predicted octanol–water partition coefficient (Wildman–Crippen LogP) is 1.51. The average Bonchev–Trinajstić information content (AvgIpc) is 2.96. The third-order valence-electron chi connectivity index (χ3n) is 3.40. The van der Waals surface area contributed by atoms with Crippen LogP contribution in [-0.4, -0.2) is 37.0 Å². The molecule has 1 heterocycles. The third kappa shape index (κ3) is 4.46. The summed E-state index contributed by atoms with van der Waals surface area (Å²) in [5, 5.41) is 7.02. The highest BCUT2D eigenvalue weighted by molar-refractivity contribution is 5.75. The number of carbonyl (C=O) groups is 1. The summed E-state index contributed by atoms with van der Waals surface area (Å²) < 4.78 is 5.49. The van der Waals surface area contributed by atoms with E-state index in [0.29, 0.717) is 5.75 Å². The van der Waals surface area contributed by atoms with Crippen LogP contribution in [0.1, 0.15) is 30.0 Å². The van der Waals surface area contributed by atoms with Gasteiger partial charge in [-0.3, -0.25) is 10.2 Å². The molecule has 0 bridgehead atoms. The lowest BCUT2D eigenvalue weighted by Crippen LogP contribution is -2.27. The Balaban J connectivity index is 1.99. The fraction of sp³-hybridized carbons (Fsp3) is 0.500. The summed E-state index contributed by atoms with van der Waals surface area (Å²) in [6, 6.07) is 4.11. The highest BCUT2D eigenvalue weighted by Crippen LogP contribution is 2.25. The molecule has 1 aliphatic heterocycles. The van der Waals surface area contributed by atoms with Crippen LogP contribution in [0, 0.1) is 13.8 Å². The molecule has 0 atom stereocenters. The van der Waals surface area contributed by atoms with Crippen molar-refractivity contribution in [3.63, 3.8) is 0 Å². The van der Waals surface area contributed by atoms with E-state index in [1.807, 2.05) is 13.8 Å². The van der Waals surface area contributed by atoms with Crippen molar-refractivity contribution in [2.24, 2.45) is 5.10 Å². The molecular weight excluding hydrogens is 280 g/mol. The lowest BCUT2D eigenvalue weighted by molar-refractivity contribution is -0.133. The van der Waals surface area contributed by atoms with Gasteiger partial charge in [-0.25, -0.2) is 0 Å². The van der Waals surface area contributed by atoms with E-state index in [0.717, 1.165) is 37.3 Å². The molecule has 6 nitrogen and oxygen atoms in total. The van der Waals surface area contributed by atoms with Crippen LogP contribution in [0.15, 0.2) is 17.2 Å². The molecule has 0 fully saturated rings. The Hall–Kier alpha value is -2.08. The van der Waals surface area contributed by atoms with Gasteiger partial charge in [0.1, 0.15) is 18.8 Å². The van der Waals surface area contributed by atoms with Gasteiger partial charge in [-0.05, 0) is 43.5 Å². The molecule has 0 aliphatic carbocycles. The SMILES string of the molecule is CCCNCC(=O)Oc1c(C)cc(CN2C=NNC2)cc1C. The number of hydrazone groups is 1. The highest BCUT2D eigenvalue weighted by atomic mass is 16.5. The van der Waals surface area contributed by atoms with Crippen LogP contribution in [0.4, 0.5) is 0 Å². The Morgan fingerprint density at radius 1 is 1.41 bits per heavy atom. The largest absolute Gasteiger partial charge is 0.425 e. The summed E-state index contributed by atoms with van der Waals surface area (Å²) in [4.78, 5) is 13.9. The van der Waals surface area contributed by atoms with Crippen molar-refractivity contribution in [1.82, 2.24) is 15.6 Å². The van der Waals surface area contributed by atoms with Crippen LogP contribution in [0.25, 0.3) is 0 Å². The normalized spacial score (nSPS) is 13.3. The van der Waals surface area contributed by atoms with Crippen LogP contribution in [0.3, 0.4) is 0 Å². The smallest absolute Gasteiger partial charge is 0.325 e. The summed E-state index contributed by atoms with van der Waals surface area (Å²) in [7, 11) is 0. The van der Waals surface area contributed by atoms with E-state index in [1.165, 1.54) is 5.56 Å². The molecular formula is C16H24N4O2. The molecule has 1 aromatic rings. The van der Waals surface area contributed by atoms with Crippen LogP contribution < -0.4 is 15.5 Å². The molecule has 1 aliphatic rings. The zero-order valence-electron chi connectivity index (χ0n) is 13.5. The van der Waals surface area contributed by atoms with E-state index >= 15 is 0 Å². The van der Waals surface area contributed by atoms with E-state index in [4.69, 9.17) is 4.74 Å². The number of nitrogens with one attached hydrogen (secondary N) is 2. The zero-order valence-corrected chi connectivity index (χ0v) is 13.5. The molecule has 22 heavy (non-hydrogen) atoms. The minimum absolute atomic E-state index is 0.240. The van der Waals surface area contributed by atoms with Crippen LogP contribution in [0.5, 0.6) is 5.75 Å². The molecule has 120 valence electrons. The van der Waals surface area contributed by atoms with E-state index in [1.54, 1.807) is 6.34 Å². The molecule has 6 heteroatoms. The third-order valence-corrected chi connectivity index (χ3v) is 3.40. The van der Waals surface area contributed by atoms with Gasteiger partial charge < -0.3 is 15.0 Å². The number of nitrogens with zero attached hydrogens (tertiary/aromatic N) is 2. The lowest BCUT2D eigenvalue weighted by atomic mass is 10.1. The van der Waals surface area contributed by atoms with Gasteiger partial charge in [0.2, 0.25) is 0 Å². The van der Waals surface area contributed by atoms with Crippen molar-refractivity contribution in [2.75, 3.05) is 19.8 Å². The van der Waals surface area contributed by atoms with Crippen LogP contribution in [0.2, 0.25) is 0 Å². The van der Waals surface area contributed by atoms with Crippen LogP contribution >= 0.6 is 0 Å². The van der Waals surface area contributed by atoms with Gasteiger partial charge in [0.05, 0.1) is 6.54 Å². The maximum absolute atomic E-state index is 11.8. The molecule has 0 aromatic heterocycles. The first-order valence-corrected chi connectivity index (χ1v) is 7.61. The van der Waals surface area contributed by atoms with Crippen molar-refractivity contribution in [3.05, 3.63) is 28.8 Å².